The Hall–Kier alpha value is -3.18. The molecule has 6 rings (SSSR count). The fourth-order valence-corrected chi connectivity index (χ4v) is 39.8. The van der Waals surface area contributed by atoms with Gasteiger partial charge in [0.1, 0.15) is 0 Å². The number of hydrogen-bond acceptors (Lipinski definition) is 2. The number of allylic oxidation sites excluding steroid dienone is 2. The summed E-state index contributed by atoms with van der Waals surface area (Å²) in [6, 6.07) is 30.8. The average Bonchev–Trinajstić information content (AvgIpc) is 3.84. The first-order chi connectivity index (χ1) is 28.6. The molecule has 2 aliphatic carbocycles. The molecular weight excluding hydrogens is 945 g/mol. The minimum atomic E-state index is -6.30. The second-order valence-corrected chi connectivity index (χ2v) is 48.8. The Morgan fingerprint density at radius 1 is 0.567 bits per heavy atom. The second kappa shape index (κ2) is 19.1. The number of fused-ring (bicyclic) bond motifs is 2. The van der Waals surface area contributed by atoms with Crippen molar-refractivity contribution in [3.63, 3.8) is 0 Å². The summed E-state index contributed by atoms with van der Waals surface area (Å²) in [5.74, 6) is 0.858. The van der Waals surface area contributed by atoms with Gasteiger partial charge in [-0.05, 0) is 0 Å². The van der Waals surface area contributed by atoms with E-state index in [4.69, 9.17) is 17.2 Å². The molecule has 317 valence electrons. The molecule has 0 heterocycles. The van der Waals surface area contributed by atoms with E-state index < -0.39 is 27.8 Å². The van der Waals surface area contributed by atoms with Crippen LogP contribution in [0.3, 0.4) is 0 Å². The Labute approximate surface area is 369 Å². The SMILES string of the molecule is CCC(=O)N[B](NC(=O)CC)[Hf]([Cl])([Cl])([CH]1C(C(C)CC)=Cc2c(-c3ccccc3CC(C)C)cccc21)[CH]1C(C(C)CC)=Cc2c(-c3ccccc3CC(C)C)cccc21. The van der Waals surface area contributed by atoms with Crippen LogP contribution in [0.5, 0.6) is 0 Å². The van der Waals surface area contributed by atoms with E-state index in [1.165, 1.54) is 44.5 Å². The third-order valence-corrected chi connectivity index (χ3v) is 41.6. The van der Waals surface area contributed by atoms with Crippen LogP contribution in [0, 0.1) is 23.7 Å². The molecule has 4 atom stereocenters. The molecule has 4 nitrogen and oxygen atoms in total. The first-order valence-corrected chi connectivity index (χ1v) is 37.7. The molecule has 0 saturated carbocycles. The first kappa shape index (κ1) is 46.3. The summed E-state index contributed by atoms with van der Waals surface area (Å²) in [6.07, 6.45) is 8.93. The molecule has 0 fully saturated rings. The molecule has 2 aliphatic rings. The Balaban J connectivity index is 1.74. The number of nitrogens with one attached hydrogen (secondary N) is 2. The molecule has 2 N–H and O–H groups in total. The zero-order valence-electron chi connectivity index (χ0n) is 37.6. The van der Waals surface area contributed by atoms with Crippen molar-refractivity contribution >= 4 is 45.7 Å². The van der Waals surface area contributed by atoms with Crippen LogP contribution in [-0.2, 0) is 38.3 Å². The standard InChI is InChI=1S/2C23H27.C6H11BN2O2.2ClH.Hf/c2*1-5-17(4)20-14-19-10-8-12-22(23(19)15-20)21-11-7-6-9-18(21)13-16(2)3;1-3-5(10)8-7-9-6(11)4-2;;;/h2*6-12,14-17H,5,13H2,1-4H3;3-4H2,1-2H3,(H-,8,9,10,11);2*1H;/q;;;;;+1/p-1. The number of rotatable bonds is 17. The van der Waals surface area contributed by atoms with Gasteiger partial charge >= 0.3 is 372 Å². The Bertz CT molecular complexity index is 2140. The molecule has 0 saturated heterocycles. The van der Waals surface area contributed by atoms with E-state index in [9.17, 15) is 9.59 Å². The van der Waals surface area contributed by atoms with E-state index in [-0.39, 0.29) is 36.5 Å². The summed E-state index contributed by atoms with van der Waals surface area (Å²) >= 11 is -6.30. The summed E-state index contributed by atoms with van der Waals surface area (Å²) in [4.78, 5) is 27.8. The van der Waals surface area contributed by atoms with E-state index in [1.54, 1.807) is 0 Å². The molecule has 4 unspecified atom stereocenters. The van der Waals surface area contributed by atoms with E-state index in [2.05, 4.69) is 163 Å². The van der Waals surface area contributed by atoms with Crippen molar-refractivity contribution < 1.29 is 25.5 Å². The Morgan fingerprint density at radius 3 is 1.28 bits per heavy atom. The van der Waals surface area contributed by atoms with Crippen LogP contribution in [0.4, 0.5) is 0 Å². The molecule has 0 spiro atoms. The maximum atomic E-state index is 13.9. The van der Waals surface area contributed by atoms with Crippen molar-refractivity contribution in [3.05, 3.63) is 129 Å². The zero-order valence-corrected chi connectivity index (χ0v) is 42.7. The van der Waals surface area contributed by atoms with Gasteiger partial charge < -0.3 is 0 Å². The van der Waals surface area contributed by atoms with E-state index in [0.717, 1.165) is 47.9 Å². The summed E-state index contributed by atoms with van der Waals surface area (Å²) in [6.45, 7) is 21.8. The van der Waals surface area contributed by atoms with Gasteiger partial charge in [-0.1, -0.05) is 0 Å². The van der Waals surface area contributed by atoms with Crippen molar-refractivity contribution in [2.75, 3.05) is 0 Å². The van der Waals surface area contributed by atoms with Gasteiger partial charge in [-0.3, -0.25) is 0 Å². The molecular formula is C52H66BCl2HfN2O2. The molecule has 0 bridgehead atoms. The van der Waals surface area contributed by atoms with Gasteiger partial charge in [0.25, 0.3) is 0 Å². The quantitative estimate of drug-likeness (QED) is 0.104. The summed E-state index contributed by atoms with van der Waals surface area (Å²) in [7, 11) is 18.2. The molecule has 8 heteroatoms. The maximum absolute atomic E-state index is 13.9. The van der Waals surface area contributed by atoms with Gasteiger partial charge in [-0.25, -0.2) is 0 Å². The van der Waals surface area contributed by atoms with Crippen molar-refractivity contribution in [2.24, 2.45) is 23.7 Å². The van der Waals surface area contributed by atoms with Crippen LogP contribution in [0.25, 0.3) is 34.4 Å². The fourth-order valence-electron chi connectivity index (χ4n) is 10.0. The predicted molar refractivity (Wildman–Crippen MR) is 256 cm³/mol. The van der Waals surface area contributed by atoms with Gasteiger partial charge in [0.05, 0.1) is 0 Å². The van der Waals surface area contributed by atoms with E-state index >= 15 is 0 Å². The Kier molecular flexibility index (Phi) is 14.7. The molecule has 0 radical (unpaired) electrons. The van der Waals surface area contributed by atoms with Gasteiger partial charge in [-0.2, -0.15) is 0 Å². The van der Waals surface area contributed by atoms with Crippen LogP contribution >= 0.6 is 17.2 Å². The summed E-state index contributed by atoms with van der Waals surface area (Å²) in [5.41, 5.74) is 14.3. The zero-order chi connectivity index (χ0) is 43.5. The summed E-state index contributed by atoms with van der Waals surface area (Å²) < 4.78 is -1.77. The third kappa shape index (κ3) is 8.73. The number of amides is 2. The van der Waals surface area contributed by atoms with Crippen LogP contribution in [-0.4, -0.2) is 16.4 Å². The average molecular weight is 1010 g/mol. The van der Waals surface area contributed by atoms with Gasteiger partial charge in [0, 0.05) is 0 Å². The van der Waals surface area contributed by atoms with Crippen LogP contribution in [0.15, 0.2) is 96.1 Å². The number of carbonyl (C=O) groups is 2. The fraction of sp³-hybridized carbons (Fsp3) is 0.423. The molecule has 4 aromatic carbocycles. The molecule has 0 aromatic heterocycles. The van der Waals surface area contributed by atoms with Crippen LogP contribution in [0.2, 0.25) is 0 Å². The normalized spacial score (nSPS) is 17.6. The third-order valence-electron chi connectivity index (χ3n) is 13.3. The monoisotopic (exact) mass is 1010 g/mol. The topological polar surface area (TPSA) is 58.2 Å². The number of hydrogen-bond donors (Lipinski definition) is 2. The molecule has 4 aromatic rings. The van der Waals surface area contributed by atoms with Gasteiger partial charge in [-0.15, -0.1) is 0 Å². The van der Waals surface area contributed by atoms with Gasteiger partial charge in [0.15, 0.2) is 0 Å². The molecule has 2 amide bonds. The van der Waals surface area contributed by atoms with Crippen molar-refractivity contribution in [1.29, 1.82) is 0 Å². The molecule has 0 aliphatic heterocycles. The molecule has 60 heavy (non-hydrogen) atoms. The Morgan fingerprint density at radius 2 is 0.933 bits per heavy atom. The van der Waals surface area contributed by atoms with Crippen molar-refractivity contribution in [2.45, 2.75) is 115 Å². The summed E-state index contributed by atoms with van der Waals surface area (Å²) in [5, 5.41) is 6.69. The van der Waals surface area contributed by atoms with Crippen molar-refractivity contribution in [3.8, 4) is 22.3 Å². The number of carbonyl (C=O) groups excluding carboxylic acids is 2. The van der Waals surface area contributed by atoms with Crippen molar-refractivity contribution in [1.82, 2.24) is 10.5 Å². The minimum absolute atomic E-state index is 0.129. The number of halogens is 2. The second-order valence-electron chi connectivity index (χ2n) is 18.4. The predicted octanol–water partition coefficient (Wildman–Crippen LogP) is 14.1. The van der Waals surface area contributed by atoms with Crippen LogP contribution in [0.1, 0.15) is 136 Å². The van der Waals surface area contributed by atoms with Crippen LogP contribution < -0.4 is 10.5 Å². The first-order valence-electron chi connectivity index (χ1n) is 22.6. The van der Waals surface area contributed by atoms with E-state index in [1.807, 2.05) is 13.8 Å². The van der Waals surface area contributed by atoms with Gasteiger partial charge in [0.2, 0.25) is 0 Å². The number of benzene rings is 4. The van der Waals surface area contributed by atoms with E-state index in [0.29, 0.717) is 11.8 Å².